The number of nitrogens with one attached hydrogen (secondary N) is 1. The van der Waals surface area contributed by atoms with Gasteiger partial charge in [0.15, 0.2) is 0 Å². The van der Waals surface area contributed by atoms with Crippen LogP contribution in [-0.4, -0.2) is 37.0 Å². The van der Waals surface area contributed by atoms with Gasteiger partial charge in [0.25, 0.3) is 0 Å². The number of halogens is 3. The Labute approximate surface area is 115 Å². The maximum absolute atomic E-state index is 12.4. The Hall–Kier alpha value is -1.47. The van der Waals surface area contributed by atoms with Gasteiger partial charge in [0.05, 0.1) is 13.5 Å². The molecule has 8 heteroatoms. The van der Waals surface area contributed by atoms with Gasteiger partial charge in [-0.3, -0.25) is 4.79 Å². The van der Waals surface area contributed by atoms with Gasteiger partial charge in [0.1, 0.15) is 5.60 Å². The molecule has 0 rings (SSSR count). The van der Waals surface area contributed by atoms with Crippen LogP contribution in [0.5, 0.6) is 0 Å². The second kappa shape index (κ2) is 7.35. The van der Waals surface area contributed by atoms with Crippen LogP contribution in [0.1, 0.15) is 40.0 Å². The zero-order valence-electron chi connectivity index (χ0n) is 12.0. The van der Waals surface area contributed by atoms with Crippen molar-refractivity contribution in [1.82, 2.24) is 5.32 Å². The molecule has 0 aromatic heterocycles. The fraction of sp³-hybridized carbons (Fsp3) is 0.833. The highest BCUT2D eigenvalue weighted by molar-refractivity contribution is 5.70. The molecule has 0 aliphatic carbocycles. The Morgan fingerprint density at radius 2 is 1.75 bits per heavy atom. The maximum atomic E-state index is 12.4. The van der Waals surface area contributed by atoms with Crippen molar-refractivity contribution in [3.05, 3.63) is 0 Å². The zero-order valence-corrected chi connectivity index (χ0v) is 12.0. The Bertz CT molecular complexity index is 337. The molecule has 0 fully saturated rings. The van der Waals surface area contributed by atoms with E-state index in [4.69, 9.17) is 4.74 Å². The van der Waals surface area contributed by atoms with Gasteiger partial charge in [0.2, 0.25) is 0 Å². The average Bonchev–Trinajstić information content (AvgIpc) is 2.20. The summed E-state index contributed by atoms with van der Waals surface area (Å²) in [6, 6.07) is -1.23. The predicted octanol–water partition coefficient (Wildman–Crippen LogP) is 2.79. The fourth-order valence-electron chi connectivity index (χ4n) is 1.37. The van der Waals surface area contributed by atoms with E-state index in [-0.39, 0.29) is 12.8 Å². The Morgan fingerprint density at radius 3 is 2.15 bits per heavy atom. The monoisotopic (exact) mass is 299 g/mol. The van der Waals surface area contributed by atoms with Crippen molar-refractivity contribution < 1.29 is 32.2 Å². The van der Waals surface area contributed by atoms with Crippen molar-refractivity contribution in [2.45, 2.75) is 57.9 Å². The van der Waals surface area contributed by atoms with Crippen molar-refractivity contribution in [3.8, 4) is 0 Å². The number of hydrogen-bond acceptors (Lipinski definition) is 4. The molecule has 0 spiro atoms. The number of rotatable bonds is 5. The number of ether oxygens (including phenoxy) is 2. The van der Waals surface area contributed by atoms with Crippen LogP contribution in [-0.2, 0) is 14.3 Å². The van der Waals surface area contributed by atoms with Gasteiger partial charge in [-0.1, -0.05) is 0 Å². The molecule has 5 nitrogen and oxygen atoms in total. The highest BCUT2D eigenvalue weighted by Crippen LogP contribution is 2.23. The van der Waals surface area contributed by atoms with E-state index in [0.717, 1.165) is 7.11 Å². The summed E-state index contributed by atoms with van der Waals surface area (Å²) in [6.07, 6.45) is -7.02. The number of carbonyl (C=O) groups is 2. The molecule has 118 valence electrons. The first-order chi connectivity index (χ1) is 8.93. The summed E-state index contributed by atoms with van der Waals surface area (Å²) in [5.41, 5.74) is -0.810. The minimum atomic E-state index is -4.45. The number of methoxy groups -OCH3 is 1. The van der Waals surface area contributed by atoms with Crippen LogP contribution in [0, 0.1) is 0 Å². The van der Waals surface area contributed by atoms with E-state index < -0.39 is 36.3 Å². The number of esters is 1. The third kappa shape index (κ3) is 10.5. The van der Waals surface area contributed by atoms with Crippen LogP contribution in [0.25, 0.3) is 0 Å². The molecule has 1 amide bonds. The Morgan fingerprint density at radius 1 is 1.20 bits per heavy atom. The minimum absolute atomic E-state index is 0.175. The first kappa shape index (κ1) is 18.5. The lowest BCUT2D eigenvalue weighted by Crippen LogP contribution is -2.41. The van der Waals surface area contributed by atoms with Crippen molar-refractivity contribution >= 4 is 12.1 Å². The van der Waals surface area contributed by atoms with Crippen LogP contribution < -0.4 is 5.32 Å². The SMILES string of the molecule is COC(=O)CC[C@H](CC(F)(F)F)NC(=O)OC(C)(C)C. The molecular weight excluding hydrogens is 279 g/mol. The van der Waals surface area contributed by atoms with Crippen molar-refractivity contribution in [3.63, 3.8) is 0 Å². The molecule has 0 saturated heterocycles. The van der Waals surface area contributed by atoms with E-state index in [1.54, 1.807) is 20.8 Å². The first-order valence-electron chi connectivity index (χ1n) is 6.06. The van der Waals surface area contributed by atoms with Crippen LogP contribution in [0.15, 0.2) is 0 Å². The fourth-order valence-corrected chi connectivity index (χ4v) is 1.37. The highest BCUT2D eigenvalue weighted by Gasteiger charge is 2.33. The van der Waals surface area contributed by atoms with Crippen LogP contribution >= 0.6 is 0 Å². The highest BCUT2D eigenvalue weighted by atomic mass is 19.4. The smallest absolute Gasteiger partial charge is 0.407 e. The number of hydrogen-bond donors (Lipinski definition) is 1. The summed E-state index contributed by atoms with van der Waals surface area (Å²) in [4.78, 5) is 22.4. The molecule has 0 unspecified atom stereocenters. The molecule has 1 N–H and O–H groups in total. The lowest BCUT2D eigenvalue weighted by atomic mass is 10.1. The van der Waals surface area contributed by atoms with Crippen molar-refractivity contribution in [2.75, 3.05) is 7.11 Å². The molecule has 0 saturated carbocycles. The van der Waals surface area contributed by atoms with E-state index in [2.05, 4.69) is 10.1 Å². The Kier molecular flexibility index (Phi) is 6.81. The van der Waals surface area contributed by atoms with E-state index in [9.17, 15) is 22.8 Å². The Balaban J connectivity index is 4.52. The van der Waals surface area contributed by atoms with Gasteiger partial charge in [-0.2, -0.15) is 13.2 Å². The molecule has 0 aromatic carbocycles. The van der Waals surface area contributed by atoms with Gasteiger partial charge in [-0.15, -0.1) is 0 Å². The van der Waals surface area contributed by atoms with E-state index in [1.165, 1.54) is 0 Å². The molecule has 0 aliphatic rings. The second-order valence-corrected chi connectivity index (χ2v) is 5.28. The van der Waals surface area contributed by atoms with Gasteiger partial charge in [-0.25, -0.2) is 4.79 Å². The van der Waals surface area contributed by atoms with Gasteiger partial charge in [-0.05, 0) is 27.2 Å². The summed E-state index contributed by atoms with van der Waals surface area (Å²) in [5, 5.41) is 2.12. The number of alkyl carbamates (subject to hydrolysis) is 1. The molecule has 0 bridgehead atoms. The minimum Gasteiger partial charge on any atom is -0.469 e. The summed E-state index contributed by atoms with van der Waals surface area (Å²) in [6.45, 7) is 4.79. The summed E-state index contributed by atoms with van der Waals surface area (Å²) < 4.78 is 46.4. The van der Waals surface area contributed by atoms with Crippen molar-refractivity contribution in [1.29, 1.82) is 0 Å². The molecule has 20 heavy (non-hydrogen) atoms. The average molecular weight is 299 g/mol. The van der Waals surface area contributed by atoms with Gasteiger partial charge in [0, 0.05) is 12.5 Å². The molecule has 0 aliphatic heterocycles. The summed E-state index contributed by atoms with van der Waals surface area (Å²) in [5.74, 6) is -0.636. The van der Waals surface area contributed by atoms with E-state index >= 15 is 0 Å². The molecule has 0 radical (unpaired) electrons. The lowest BCUT2D eigenvalue weighted by Gasteiger charge is -2.24. The molecule has 1 atom stereocenters. The third-order valence-electron chi connectivity index (χ3n) is 2.12. The second-order valence-electron chi connectivity index (χ2n) is 5.28. The third-order valence-corrected chi connectivity index (χ3v) is 2.12. The molecular formula is C12H20F3NO4. The first-order valence-corrected chi connectivity index (χ1v) is 6.06. The van der Waals surface area contributed by atoms with E-state index in [0.29, 0.717) is 0 Å². The normalized spacial score (nSPS) is 13.6. The number of alkyl halides is 3. The molecule has 0 aromatic rings. The topological polar surface area (TPSA) is 64.6 Å². The van der Waals surface area contributed by atoms with E-state index in [1.807, 2.05) is 0 Å². The standard InChI is InChI=1S/C12H20F3NO4/c1-11(2,3)20-10(18)16-8(7-12(13,14)15)5-6-9(17)19-4/h8H,5-7H2,1-4H3,(H,16,18)/t8-/m1/s1. The predicted molar refractivity (Wildman–Crippen MR) is 65.1 cm³/mol. The summed E-state index contributed by atoms with van der Waals surface area (Å²) in [7, 11) is 1.14. The van der Waals surface area contributed by atoms with Crippen LogP contribution in [0.3, 0.4) is 0 Å². The number of carbonyl (C=O) groups excluding carboxylic acids is 2. The zero-order chi connectivity index (χ0) is 16.0. The van der Waals surface area contributed by atoms with Crippen LogP contribution in [0.2, 0.25) is 0 Å². The largest absolute Gasteiger partial charge is 0.469 e. The van der Waals surface area contributed by atoms with Gasteiger partial charge >= 0.3 is 18.2 Å². The van der Waals surface area contributed by atoms with Gasteiger partial charge < -0.3 is 14.8 Å². The summed E-state index contributed by atoms with van der Waals surface area (Å²) >= 11 is 0. The lowest BCUT2D eigenvalue weighted by molar-refractivity contribution is -0.145. The number of amides is 1. The quantitative estimate of drug-likeness (QED) is 0.793. The van der Waals surface area contributed by atoms with Crippen LogP contribution in [0.4, 0.5) is 18.0 Å². The van der Waals surface area contributed by atoms with Crippen molar-refractivity contribution in [2.24, 2.45) is 0 Å². The maximum Gasteiger partial charge on any atom is 0.407 e. The molecule has 0 heterocycles.